The van der Waals surface area contributed by atoms with Crippen LogP contribution in [0.5, 0.6) is 0 Å². The van der Waals surface area contributed by atoms with Gasteiger partial charge in [-0.1, -0.05) is 297 Å². The average molecular weight is 1150 g/mol. The van der Waals surface area contributed by atoms with Gasteiger partial charge in [0.2, 0.25) is 0 Å². The predicted molar refractivity (Wildman–Crippen MR) is 370 cm³/mol. The normalized spacial score (nSPS) is 13.7. The van der Waals surface area contributed by atoms with Crippen molar-refractivity contribution in [3.8, 4) is 0 Å². The summed E-state index contributed by atoms with van der Waals surface area (Å²) in [7, 11) is 0. The van der Waals surface area contributed by atoms with E-state index in [0.29, 0.717) is 12.8 Å². The quantitative estimate of drug-likeness (QED) is 0.0373. The number of carbonyl (C=O) groups is 2. The lowest BCUT2D eigenvalue weighted by Gasteiger charge is -2.15. The highest BCUT2D eigenvalue weighted by Gasteiger charge is 2.16. The maximum atomic E-state index is 12.4. The molecule has 0 saturated carbocycles. The molecule has 0 saturated heterocycles. The van der Waals surface area contributed by atoms with Gasteiger partial charge in [0.25, 0.3) is 0 Å². The van der Waals surface area contributed by atoms with E-state index in [9.17, 15) is 14.7 Å². The van der Waals surface area contributed by atoms with Crippen molar-refractivity contribution in [2.24, 2.45) is 0 Å². The minimum absolute atomic E-state index is 0.0915. The molecule has 5 nitrogen and oxygen atoms in total. The summed E-state index contributed by atoms with van der Waals surface area (Å²) in [4.78, 5) is 24.6. The molecule has 0 radical (unpaired) electrons. The van der Waals surface area contributed by atoms with Crippen LogP contribution in [0.15, 0.2) is 219 Å². The van der Waals surface area contributed by atoms with Gasteiger partial charge in [0.05, 0.1) is 6.61 Å². The second kappa shape index (κ2) is 71.5. The third-order valence-corrected chi connectivity index (χ3v) is 13.3. The Hall–Kier alpha value is -5.78. The number of aliphatic hydroxyl groups excluding tert-OH is 1. The molecule has 466 valence electrons. The second-order valence-corrected chi connectivity index (χ2v) is 21.1. The molecule has 0 aromatic heterocycles. The van der Waals surface area contributed by atoms with Gasteiger partial charge in [0.15, 0.2) is 6.10 Å². The standard InChI is InChI=1S/C79H120O5/c1-3-5-7-9-11-13-15-17-19-21-23-25-27-29-31-33-35-37-39-41-43-45-47-49-51-53-55-57-59-61-63-65-67-69-71-73-78(81)83-76-77(75-80)84-79(82)74-72-70-68-66-64-62-60-58-56-54-52-50-48-46-44-42-40-38-36-34-32-30-28-26-24-22-20-18-16-14-12-10-8-6-4-2/h5-8,11-14,17-20,23-26,29-32,35-38,41-44,47-50,53-56,77,80H,3-4,9-10,15-16,21-22,27-28,33-34,39-40,45-46,51-52,57-76H2,1-2H3/b7-5-,8-6-,13-11-,14-12-,19-17-,20-18-,25-23-,26-24-,31-29-,32-30-,37-35-,38-36-,43-41-,44-42-,49-47-,50-48-,55-53-,56-54-. The highest BCUT2D eigenvalue weighted by molar-refractivity contribution is 5.70. The largest absolute Gasteiger partial charge is 0.462 e. The van der Waals surface area contributed by atoms with Crippen LogP contribution in [0.2, 0.25) is 0 Å². The number of carbonyl (C=O) groups excluding carboxylic acids is 2. The first-order chi connectivity index (χ1) is 41.6. The molecule has 1 N–H and O–H groups in total. The second-order valence-electron chi connectivity index (χ2n) is 21.1. The predicted octanol–water partition coefficient (Wildman–Crippen LogP) is 23.5. The van der Waals surface area contributed by atoms with Crippen LogP contribution in [0, 0.1) is 0 Å². The number of aliphatic hydroxyl groups is 1. The van der Waals surface area contributed by atoms with Crippen LogP contribution < -0.4 is 0 Å². The van der Waals surface area contributed by atoms with Gasteiger partial charge in [-0.3, -0.25) is 9.59 Å². The van der Waals surface area contributed by atoms with Crippen molar-refractivity contribution in [2.45, 2.75) is 251 Å². The van der Waals surface area contributed by atoms with Gasteiger partial charge in [0, 0.05) is 12.8 Å². The first-order valence-electron chi connectivity index (χ1n) is 33.3. The molecule has 0 aliphatic heterocycles. The van der Waals surface area contributed by atoms with E-state index < -0.39 is 6.10 Å². The van der Waals surface area contributed by atoms with Gasteiger partial charge < -0.3 is 14.6 Å². The molecule has 1 unspecified atom stereocenters. The molecule has 84 heavy (non-hydrogen) atoms. The van der Waals surface area contributed by atoms with E-state index in [1.54, 1.807) is 0 Å². The third kappa shape index (κ3) is 68.7. The molecule has 0 aliphatic rings. The number of esters is 2. The van der Waals surface area contributed by atoms with Gasteiger partial charge in [-0.2, -0.15) is 0 Å². The summed E-state index contributed by atoms with van der Waals surface area (Å²) in [6.45, 7) is 3.88. The lowest BCUT2D eigenvalue weighted by atomic mass is 10.1. The first kappa shape index (κ1) is 78.2. The molecule has 1 atom stereocenters. The first-order valence-corrected chi connectivity index (χ1v) is 33.3. The number of rotatable bonds is 58. The summed E-state index contributed by atoms with van der Waals surface area (Å²) >= 11 is 0. The average Bonchev–Trinajstić information content (AvgIpc) is 3.50. The summed E-state index contributed by atoms with van der Waals surface area (Å²) in [6.07, 6.45) is 116. The molecule has 0 aliphatic carbocycles. The highest BCUT2D eigenvalue weighted by Crippen LogP contribution is 2.13. The Labute approximate surface area is 516 Å². The Kier molecular flexibility index (Phi) is 66.6. The topological polar surface area (TPSA) is 72.8 Å². The zero-order chi connectivity index (χ0) is 60.5. The number of ether oxygens (including phenoxy) is 2. The SMILES string of the molecule is CC/C=C\C/C=C\C/C=C\C/C=C\C/C=C\C/C=C\C/C=C\C/C=C\C/C=C\CCCCCCCCCC(=O)OCC(CO)OC(=O)CCCCCCCCC/C=C\C/C=C\C/C=C\C/C=C\C/C=C\C/C=C\C/C=C\C/C=C\C/C=C\CC. The van der Waals surface area contributed by atoms with E-state index >= 15 is 0 Å². The van der Waals surface area contributed by atoms with E-state index in [1.165, 1.54) is 51.4 Å². The van der Waals surface area contributed by atoms with Crippen LogP contribution in [-0.4, -0.2) is 36.4 Å². The van der Waals surface area contributed by atoms with Crippen LogP contribution in [0.25, 0.3) is 0 Å². The molecular formula is C79H120O5. The number of unbranched alkanes of at least 4 members (excludes halogenated alkanes) is 14. The Bertz CT molecular complexity index is 2030. The lowest BCUT2D eigenvalue weighted by Crippen LogP contribution is -2.28. The summed E-state index contributed by atoms with van der Waals surface area (Å²) in [5.74, 6) is -0.632. The van der Waals surface area contributed by atoms with Gasteiger partial charge in [-0.25, -0.2) is 0 Å². The van der Waals surface area contributed by atoms with E-state index in [0.717, 1.165) is 167 Å². The molecule has 0 aromatic carbocycles. The molecule has 5 heteroatoms. The molecule has 0 bridgehead atoms. The van der Waals surface area contributed by atoms with Crippen LogP contribution in [0.3, 0.4) is 0 Å². The fourth-order valence-electron chi connectivity index (χ4n) is 8.36. The molecule has 0 rings (SSSR count). The number of hydrogen-bond acceptors (Lipinski definition) is 5. The monoisotopic (exact) mass is 1150 g/mol. The lowest BCUT2D eigenvalue weighted by molar-refractivity contribution is -0.161. The van der Waals surface area contributed by atoms with Gasteiger partial charge >= 0.3 is 11.9 Å². The van der Waals surface area contributed by atoms with Crippen LogP contribution in [-0.2, 0) is 19.1 Å². The Balaban J connectivity index is 3.66. The molecule has 0 fully saturated rings. The summed E-state index contributed by atoms with van der Waals surface area (Å²) in [5, 5.41) is 9.69. The van der Waals surface area contributed by atoms with Gasteiger partial charge in [0.1, 0.15) is 6.61 Å². The van der Waals surface area contributed by atoms with Crippen molar-refractivity contribution in [3.63, 3.8) is 0 Å². The van der Waals surface area contributed by atoms with Crippen LogP contribution in [0.4, 0.5) is 0 Å². The minimum atomic E-state index is -0.803. The molecule has 0 heterocycles. The number of hydrogen-bond donors (Lipinski definition) is 1. The van der Waals surface area contributed by atoms with Crippen molar-refractivity contribution in [2.75, 3.05) is 13.2 Å². The van der Waals surface area contributed by atoms with Crippen molar-refractivity contribution < 1.29 is 24.2 Å². The zero-order valence-corrected chi connectivity index (χ0v) is 53.3. The summed E-state index contributed by atoms with van der Waals surface area (Å²) in [6, 6.07) is 0. The Morgan fingerprint density at radius 2 is 0.476 bits per heavy atom. The van der Waals surface area contributed by atoms with E-state index in [1.807, 2.05) is 0 Å². The van der Waals surface area contributed by atoms with Crippen LogP contribution >= 0.6 is 0 Å². The molecule has 0 spiro atoms. The van der Waals surface area contributed by atoms with Gasteiger partial charge in [-0.15, -0.1) is 0 Å². The zero-order valence-electron chi connectivity index (χ0n) is 53.3. The molecular weight excluding hydrogens is 1030 g/mol. The molecule has 0 aromatic rings. The van der Waals surface area contributed by atoms with Crippen molar-refractivity contribution in [1.82, 2.24) is 0 Å². The summed E-state index contributed by atoms with van der Waals surface area (Å²) in [5.41, 5.74) is 0. The Morgan fingerprint density at radius 3 is 0.714 bits per heavy atom. The van der Waals surface area contributed by atoms with Crippen molar-refractivity contribution >= 4 is 11.9 Å². The third-order valence-electron chi connectivity index (χ3n) is 13.3. The smallest absolute Gasteiger partial charge is 0.306 e. The fourth-order valence-corrected chi connectivity index (χ4v) is 8.36. The van der Waals surface area contributed by atoms with E-state index in [2.05, 4.69) is 233 Å². The van der Waals surface area contributed by atoms with Crippen molar-refractivity contribution in [1.29, 1.82) is 0 Å². The number of allylic oxidation sites excluding steroid dienone is 36. The summed E-state index contributed by atoms with van der Waals surface area (Å²) < 4.78 is 10.7. The van der Waals surface area contributed by atoms with E-state index in [-0.39, 0.29) is 25.2 Å². The maximum Gasteiger partial charge on any atom is 0.306 e. The fraction of sp³-hybridized carbons (Fsp3) is 0.519. The Morgan fingerprint density at radius 1 is 0.274 bits per heavy atom. The minimum Gasteiger partial charge on any atom is -0.462 e. The van der Waals surface area contributed by atoms with Gasteiger partial charge in [-0.05, 0) is 154 Å². The van der Waals surface area contributed by atoms with Crippen molar-refractivity contribution in [3.05, 3.63) is 219 Å². The maximum absolute atomic E-state index is 12.4. The highest BCUT2D eigenvalue weighted by atomic mass is 16.6. The van der Waals surface area contributed by atoms with E-state index in [4.69, 9.17) is 9.47 Å². The molecule has 0 amide bonds. The van der Waals surface area contributed by atoms with Crippen LogP contribution in [0.1, 0.15) is 245 Å².